The van der Waals surface area contributed by atoms with Gasteiger partial charge in [-0.25, -0.2) is 0 Å². The van der Waals surface area contributed by atoms with E-state index in [0.29, 0.717) is 22.0 Å². The Morgan fingerprint density at radius 3 is 2.61 bits per heavy atom. The Bertz CT molecular complexity index is 450. The van der Waals surface area contributed by atoms with Gasteiger partial charge in [0, 0.05) is 10.5 Å². The van der Waals surface area contributed by atoms with Crippen LogP contribution in [0, 0.1) is 5.92 Å². The van der Waals surface area contributed by atoms with Crippen molar-refractivity contribution in [2.75, 3.05) is 14.2 Å². The second-order valence-electron chi connectivity index (χ2n) is 4.27. The van der Waals surface area contributed by atoms with Crippen LogP contribution in [-0.4, -0.2) is 24.1 Å². The minimum Gasteiger partial charge on any atom is -0.493 e. The number of hydrogen-bond acceptors (Lipinski definition) is 3. The third-order valence-corrected chi connectivity index (χ3v) is 4.34. The normalized spacial score (nSPS) is 21.3. The van der Waals surface area contributed by atoms with E-state index in [1.54, 1.807) is 14.2 Å². The Labute approximate surface area is 120 Å². The molecule has 0 heterocycles. The number of nitrogens with one attached hydrogen (secondary N) is 1. The molecule has 1 aliphatic carbocycles. The highest BCUT2D eigenvalue weighted by atomic mass is 127. The molecule has 1 N–H and O–H groups in total. The molecule has 1 amide bonds. The SMILES string of the molecule is COc1ccc(CNC(=O)C2CC2I)cc1OC. The van der Waals surface area contributed by atoms with Crippen LogP contribution in [0.25, 0.3) is 0 Å². The lowest BCUT2D eigenvalue weighted by molar-refractivity contribution is -0.122. The molecule has 0 spiro atoms. The molecule has 2 rings (SSSR count). The number of halogens is 1. The maximum Gasteiger partial charge on any atom is 0.224 e. The summed E-state index contributed by atoms with van der Waals surface area (Å²) in [7, 11) is 3.21. The van der Waals surface area contributed by atoms with Crippen LogP contribution in [0.3, 0.4) is 0 Å². The smallest absolute Gasteiger partial charge is 0.224 e. The van der Waals surface area contributed by atoms with E-state index in [9.17, 15) is 4.79 Å². The van der Waals surface area contributed by atoms with Crippen LogP contribution in [-0.2, 0) is 11.3 Å². The number of rotatable bonds is 5. The Balaban J connectivity index is 1.95. The van der Waals surface area contributed by atoms with Crippen molar-refractivity contribution >= 4 is 28.5 Å². The topological polar surface area (TPSA) is 47.6 Å². The molecule has 1 saturated carbocycles. The zero-order valence-electron chi connectivity index (χ0n) is 10.4. The number of ether oxygens (including phenoxy) is 2. The van der Waals surface area contributed by atoms with Crippen LogP contribution in [0.5, 0.6) is 11.5 Å². The number of alkyl halides is 1. The summed E-state index contributed by atoms with van der Waals surface area (Å²) in [6, 6.07) is 5.65. The molecule has 1 aromatic rings. The summed E-state index contributed by atoms with van der Waals surface area (Å²) < 4.78 is 10.9. The fourth-order valence-electron chi connectivity index (χ4n) is 1.75. The highest BCUT2D eigenvalue weighted by Crippen LogP contribution is 2.38. The number of carbonyl (C=O) groups is 1. The van der Waals surface area contributed by atoms with Gasteiger partial charge in [0.15, 0.2) is 11.5 Å². The van der Waals surface area contributed by atoms with Gasteiger partial charge in [-0.15, -0.1) is 0 Å². The number of hydrogen-bond donors (Lipinski definition) is 1. The second-order valence-corrected chi connectivity index (χ2v) is 5.87. The van der Waals surface area contributed by atoms with Crippen molar-refractivity contribution in [1.82, 2.24) is 5.32 Å². The van der Waals surface area contributed by atoms with Gasteiger partial charge in [-0.05, 0) is 24.1 Å². The summed E-state index contributed by atoms with van der Waals surface area (Å²) in [4.78, 5) is 11.7. The van der Waals surface area contributed by atoms with E-state index in [1.807, 2.05) is 18.2 Å². The highest BCUT2D eigenvalue weighted by Gasteiger charge is 2.40. The van der Waals surface area contributed by atoms with Crippen LogP contribution < -0.4 is 14.8 Å². The predicted molar refractivity (Wildman–Crippen MR) is 77.3 cm³/mol. The van der Waals surface area contributed by atoms with Gasteiger partial charge in [-0.1, -0.05) is 28.7 Å². The van der Waals surface area contributed by atoms with Crippen LogP contribution in [0.4, 0.5) is 0 Å². The van der Waals surface area contributed by atoms with Crippen molar-refractivity contribution in [2.24, 2.45) is 5.92 Å². The first-order chi connectivity index (χ1) is 8.65. The average molecular weight is 361 g/mol. The van der Waals surface area contributed by atoms with Gasteiger partial charge < -0.3 is 14.8 Å². The van der Waals surface area contributed by atoms with E-state index in [4.69, 9.17) is 9.47 Å². The maximum absolute atomic E-state index is 11.7. The number of carbonyl (C=O) groups excluding carboxylic acids is 1. The molecule has 1 fully saturated rings. The van der Waals surface area contributed by atoms with Crippen molar-refractivity contribution in [3.63, 3.8) is 0 Å². The lowest BCUT2D eigenvalue weighted by Crippen LogP contribution is -2.25. The summed E-state index contributed by atoms with van der Waals surface area (Å²) in [5.41, 5.74) is 1.01. The summed E-state index contributed by atoms with van der Waals surface area (Å²) >= 11 is 2.31. The predicted octanol–water partition coefficient (Wildman–Crippen LogP) is 2.14. The molecule has 2 atom stereocenters. The second kappa shape index (κ2) is 5.77. The number of amides is 1. The van der Waals surface area contributed by atoms with Crippen molar-refractivity contribution < 1.29 is 14.3 Å². The molecule has 0 aliphatic heterocycles. The third kappa shape index (κ3) is 3.07. The molecule has 1 aliphatic rings. The van der Waals surface area contributed by atoms with Gasteiger partial charge in [0.2, 0.25) is 5.91 Å². The zero-order valence-corrected chi connectivity index (χ0v) is 12.6. The lowest BCUT2D eigenvalue weighted by atomic mass is 10.2. The van der Waals surface area contributed by atoms with E-state index in [0.717, 1.165) is 12.0 Å². The molecule has 98 valence electrons. The van der Waals surface area contributed by atoms with Gasteiger partial charge in [-0.2, -0.15) is 0 Å². The van der Waals surface area contributed by atoms with Gasteiger partial charge >= 0.3 is 0 Å². The van der Waals surface area contributed by atoms with Crippen molar-refractivity contribution in [3.05, 3.63) is 23.8 Å². The van der Waals surface area contributed by atoms with Crippen molar-refractivity contribution in [1.29, 1.82) is 0 Å². The highest BCUT2D eigenvalue weighted by molar-refractivity contribution is 14.1. The molecule has 2 unspecified atom stereocenters. The average Bonchev–Trinajstić information content (AvgIpc) is 3.12. The minimum absolute atomic E-state index is 0.143. The molecule has 18 heavy (non-hydrogen) atoms. The van der Waals surface area contributed by atoms with Crippen molar-refractivity contribution in [2.45, 2.75) is 16.9 Å². The Morgan fingerprint density at radius 1 is 1.39 bits per heavy atom. The first kappa shape index (κ1) is 13.5. The Morgan fingerprint density at radius 2 is 2.06 bits per heavy atom. The monoisotopic (exact) mass is 361 g/mol. The van der Waals surface area contributed by atoms with E-state index < -0.39 is 0 Å². The molecular weight excluding hydrogens is 345 g/mol. The van der Waals surface area contributed by atoms with Gasteiger partial charge in [0.25, 0.3) is 0 Å². The molecular formula is C13H16INO3. The minimum atomic E-state index is 0.143. The standard InChI is InChI=1S/C13H16INO3/c1-17-11-4-3-8(5-12(11)18-2)7-15-13(16)9-6-10(9)14/h3-5,9-10H,6-7H2,1-2H3,(H,15,16). The molecule has 1 aromatic carbocycles. The van der Waals surface area contributed by atoms with E-state index in [-0.39, 0.29) is 11.8 Å². The fourth-order valence-corrected chi connectivity index (χ4v) is 2.62. The number of methoxy groups -OCH3 is 2. The van der Waals surface area contributed by atoms with E-state index in [2.05, 4.69) is 27.9 Å². The summed E-state index contributed by atoms with van der Waals surface area (Å²) in [6.07, 6.45) is 0.998. The van der Waals surface area contributed by atoms with Crippen LogP contribution >= 0.6 is 22.6 Å². The molecule has 4 nitrogen and oxygen atoms in total. The molecule has 0 aromatic heterocycles. The fraction of sp³-hybridized carbons (Fsp3) is 0.462. The van der Waals surface area contributed by atoms with Crippen LogP contribution in [0.15, 0.2) is 18.2 Å². The summed E-state index contributed by atoms with van der Waals surface area (Å²) in [5, 5.41) is 2.94. The van der Waals surface area contributed by atoms with Gasteiger partial charge in [0.1, 0.15) is 0 Å². The summed E-state index contributed by atoms with van der Waals surface area (Å²) in [6.45, 7) is 0.527. The molecule has 5 heteroatoms. The first-order valence-electron chi connectivity index (χ1n) is 5.78. The Hall–Kier alpha value is -0.980. The van der Waals surface area contributed by atoms with Gasteiger partial charge in [0.05, 0.1) is 20.1 Å². The van der Waals surface area contributed by atoms with Crippen molar-refractivity contribution in [3.8, 4) is 11.5 Å². The first-order valence-corrected chi connectivity index (χ1v) is 7.03. The molecule has 0 bridgehead atoms. The van der Waals surface area contributed by atoms with E-state index in [1.165, 1.54) is 0 Å². The summed E-state index contributed by atoms with van der Waals surface area (Å²) in [5.74, 6) is 1.72. The van der Waals surface area contributed by atoms with Gasteiger partial charge in [-0.3, -0.25) is 4.79 Å². The van der Waals surface area contributed by atoms with E-state index >= 15 is 0 Å². The molecule has 0 radical (unpaired) electrons. The zero-order chi connectivity index (χ0) is 13.1. The Kier molecular flexibility index (Phi) is 4.31. The quantitative estimate of drug-likeness (QED) is 0.646. The molecule has 0 saturated heterocycles. The lowest BCUT2D eigenvalue weighted by Gasteiger charge is -2.10. The number of benzene rings is 1. The largest absolute Gasteiger partial charge is 0.493 e. The third-order valence-electron chi connectivity index (χ3n) is 2.96. The van der Waals surface area contributed by atoms with Crippen LogP contribution in [0.2, 0.25) is 0 Å². The van der Waals surface area contributed by atoms with Crippen LogP contribution in [0.1, 0.15) is 12.0 Å². The maximum atomic E-state index is 11.7.